The highest BCUT2D eigenvalue weighted by atomic mass is 16.4. The van der Waals surface area contributed by atoms with Crippen LogP contribution in [-0.4, -0.2) is 32.4 Å². The van der Waals surface area contributed by atoms with Gasteiger partial charge in [-0.05, 0) is 47.4 Å². The molecule has 0 aromatic heterocycles. The number of carboxylic acids is 2. The van der Waals surface area contributed by atoms with Gasteiger partial charge in [0.2, 0.25) is 0 Å². The van der Waals surface area contributed by atoms with Gasteiger partial charge in [-0.25, -0.2) is 9.59 Å². The molecule has 0 atom stereocenters. The van der Waals surface area contributed by atoms with Crippen molar-refractivity contribution in [2.75, 3.05) is 0 Å². The van der Waals surface area contributed by atoms with E-state index in [1.165, 1.54) is 6.07 Å². The lowest BCUT2D eigenvalue weighted by atomic mass is 9.87. The van der Waals surface area contributed by atoms with E-state index in [0.717, 1.165) is 5.56 Å². The van der Waals surface area contributed by atoms with Crippen LogP contribution >= 0.6 is 0 Å². The van der Waals surface area contributed by atoms with Crippen LogP contribution in [0.25, 0.3) is 0 Å². The standard InChI is InChI=1S/C10H14O2.2C7H6O2/c1-10(2,3)7-4-5-8(11)9(12)6-7;2*8-7(9)6-4-2-1-3-5-6/h4-6,11-12H,1-3H3;2*1-5H,(H,8,9). The van der Waals surface area contributed by atoms with Gasteiger partial charge in [-0.3, -0.25) is 0 Å². The molecule has 0 aliphatic rings. The molecule has 3 aromatic carbocycles. The zero-order chi connectivity index (χ0) is 22.7. The van der Waals surface area contributed by atoms with Gasteiger partial charge < -0.3 is 20.4 Å². The zero-order valence-electron chi connectivity index (χ0n) is 17.1. The van der Waals surface area contributed by atoms with Crippen LogP contribution in [0.2, 0.25) is 0 Å². The number of carbonyl (C=O) groups is 2. The minimum Gasteiger partial charge on any atom is -0.504 e. The van der Waals surface area contributed by atoms with Crippen molar-refractivity contribution in [1.29, 1.82) is 0 Å². The van der Waals surface area contributed by atoms with Gasteiger partial charge in [0, 0.05) is 0 Å². The van der Waals surface area contributed by atoms with Crippen LogP contribution in [0.5, 0.6) is 11.5 Å². The lowest BCUT2D eigenvalue weighted by Crippen LogP contribution is -2.10. The highest BCUT2D eigenvalue weighted by molar-refractivity contribution is 5.87. The van der Waals surface area contributed by atoms with E-state index in [1.54, 1.807) is 66.7 Å². The lowest BCUT2D eigenvalue weighted by molar-refractivity contribution is 0.0686. The quantitative estimate of drug-likeness (QED) is 0.434. The molecule has 0 spiro atoms. The molecule has 0 unspecified atom stereocenters. The summed E-state index contributed by atoms with van der Waals surface area (Å²) in [6.45, 7) is 6.16. The number of hydrogen-bond acceptors (Lipinski definition) is 4. The maximum absolute atomic E-state index is 10.2. The first-order chi connectivity index (χ1) is 14.0. The van der Waals surface area contributed by atoms with Gasteiger partial charge in [-0.1, -0.05) is 63.2 Å². The molecular weight excluding hydrogens is 384 g/mol. The highest BCUT2D eigenvalue weighted by Crippen LogP contribution is 2.30. The second-order valence-corrected chi connectivity index (χ2v) is 7.30. The third kappa shape index (κ3) is 8.48. The van der Waals surface area contributed by atoms with Gasteiger partial charge in [0.1, 0.15) is 0 Å². The summed E-state index contributed by atoms with van der Waals surface area (Å²) < 4.78 is 0. The van der Waals surface area contributed by atoms with Gasteiger partial charge in [-0.2, -0.15) is 0 Å². The minimum absolute atomic E-state index is 0.00514. The molecule has 6 nitrogen and oxygen atoms in total. The van der Waals surface area contributed by atoms with E-state index in [1.807, 2.05) is 6.07 Å². The molecule has 4 N–H and O–H groups in total. The summed E-state index contributed by atoms with van der Waals surface area (Å²) in [6.07, 6.45) is 0. The number of carboxylic acid groups (broad SMARTS) is 2. The second-order valence-electron chi connectivity index (χ2n) is 7.30. The topological polar surface area (TPSA) is 115 Å². The van der Waals surface area contributed by atoms with E-state index >= 15 is 0 Å². The molecule has 30 heavy (non-hydrogen) atoms. The third-order valence-electron chi connectivity index (χ3n) is 3.88. The van der Waals surface area contributed by atoms with Gasteiger partial charge in [-0.15, -0.1) is 0 Å². The van der Waals surface area contributed by atoms with E-state index in [0.29, 0.717) is 11.1 Å². The van der Waals surface area contributed by atoms with Crippen molar-refractivity contribution in [2.24, 2.45) is 0 Å². The zero-order valence-corrected chi connectivity index (χ0v) is 17.1. The van der Waals surface area contributed by atoms with E-state index in [2.05, 4.69) is 20.8 Å². The van der Waals surface area contributed by atoms with Crippen LogP contribution in [0.3, 0.4) is 0 Å². The molecule has 3 aromatic rings. The fourth-order valence-electron chi connectivity index (χ4n) is 2.15. The normalized spacial score (nSPS) is 9.97. The molecular formula is C24H26O6. The molecule has 158 valence electrons. The number of rotatable bonds is 2. The van der Waals surface area contributed by atoms with Gasteiger partial charge in [0.05, 0.1) is 11.1 Å². The Morgan fingerprint density at radius 2 is 1.03 bits per heavy atom. The smallest absolute Gasteiger partial charge is 0.335 e. The van der Waals surface area contributed by atoms with Crippen molar-refractivity contribution in [1.82, 2.24) is 0 Å². The largest absolute Gasteiger partial charge is 0.504 e. The van der Waals surface area contributed by atoms with Crippen LogP contribution in [0.4, 0.5) is 0 Å². The average molecular weight is 410 g/mol. The Morgan fingerprint density at radius 3 is 1.30 bits per heavy atom. The van der Waals surface area contributed by atoms with Crippen LogP contribution < -0.4 is 0 Å². The fourth-order valence-corrected chi connectivity index (χ4v) is 2.15. The summed E-state index contributed by atoms with van der Waals surface area (Å²) in [5, 5.41) is 35.0. The van der Waals surface area contributed by atoms with Crippen LogP contribution in [0.15, 0.2) is 78.9 Å². The monoisotopic (exact) mass is 410 g/mol. The maximum atomic E-state index is 10.2. The molecule has 0 radical (unpaired) electrons. The molecule has 0 heterocycles. The predicted molar refractivity (Wildman–Crippen MR) is 115 cm³/mol. The molecule has 0 aliphatic heterocycles. The molecule has 0 aliphatic carbocycles. The Balaban J connectivity index is 0.000000229. The molecule has 0 saturated carbocycles. The highest BCUT2D eigenvalue weighted by Gasteiger charge is 2.14. The van der Waals surface area contributed by atoms with Crippen LogP contribution in [-0.2, 0) is 5.41 Å². The number of phenols is 2. The molecule has 0 amide bonds. The van der Waals surface area contributed by atoms with E-state index in [9.17, 15) is 14.7 Å². The molecule has 6 heteroatoms. The van der Waals surface area contributed by atoms with Gasteiger partial charge >= 0.3 is 11.9 Å². The summed E-state index contributed by atoms with van der Waals surface area (Å²) in [5.74, 6) is -1.88. The first kappa shape index (κ1) is 24.2. The van der Waals surface area contributed by atoms with E-state index < -0.39 is 11.9 Å². The van der Waals surface area contributed by atoms with Crippen molar-refractivity contribution < 1.29 is 30.0 Å². The summed E-state index contributed by atoms with van der Waals surface area (Å²) >= 11 is 0. The summed E-state index contributed by atoms with van der Waals surface area (Å²) in [7, 11) is 0. The van der Waals surface area contributed by atoms with Crippen LogP contribution in [0.1, 0.15) is 47.1 Å². The molecule has 0 saturated heterocycles. The summed E-state index contributed by atoms with van der Waals surface area (Å²) in [6, 6.07) is 21.5. The Morgan fingerprint density at radius 1 is 0.633 bits per heavy atom. The Labute approximate surface area is 175 Å². The van der Waals surface area contributed by atoms with Crippen molar-refractivity contribution in [3.05, 3.63) is 95.6 Å². The summed E-state index contributed by atoms with van der Waals surface area (Å²) in [4.78, 5) is 20.4. The molecule has 3 rings (SSSR count). The van der Waals surface area contributed by atoms with Crippen molar-refractivity contribution in [3.8, 4) is 11.5 Å². The Bertz CT molecular complexity index is 895. The third-order valence-corrected chi connectivity index (χ3v) is 3.88. The second kappa shape index (κ2) is 11.3. The number of aromatic hydroxyl groups is 2. The lowest BCUT2D eigenvalue weighted by Gasteiger charge is -2.19. The first-order valence-electron chi connectivity index (χ1n) is 9.11. The number of aromatic carboxylic acids is 2. The van der Waals surface area contributed by atoms with E-state index in [4.69, 9.17) is 15.3 Å². The molecule has 0 fully saturated rings. The number of benzene rings is 3. The Hall–Kier alpha value is -3.80. The summed E-state index contributed by atoms with van der Waals surface area (Å²) in [5.41, 5.74) is 1.68. The van der Waals surface area contributed by atoms with Crippen molar-refractivity contribution in [3.63, 3.8) is 0 Å². The first-order valence-corrected chi connectivity index (χ1v) is 9.11. The van der Waals surface area contributed by atoms with Crippen molar-refractivity contribution in [2.45, 2.75) is 26.2 Å². The number of hydrogen-bond donors (Lipinski definition) is 4. The van der Waals surface area contributed by atoms with Crippen molar-refractivity contribution >= 4 is 11.9 Å². The maximum Gasteiger partial charge on any atom is 0.335 e. The molecule has 0 bridgehead atoms. The van der Waals surface area contributed by atoms with Crippen LogP contribution in [0, 0.1) is 0 Å². The average Bonchev–Trinajstić information content (AvgIpc) is 2.71. The van der Waals surface area contributed by atoms with Gasteiger partial charge in [0.15, 0.2) is 11.5 Å². The SMILES string of the molecule is CC(C)(C)c1ccc(O)c(O)c1.O=C(O)c1ccccc1.O=C(O)c1ccccc1. The number of phenolic OH excluding ortho intramolecular Hbond substituents is 2. The predicted octanol–water partition coefficient (Wildman–Crippen LogP) is 5.16. The Kier molecular flexibility index (Phi) is 9.10. The van der Waals surface area contributed by atoms with E-state index in [-0.39, 0.29) is 16.9 Å². The van der Waals surface area contributed by atoms with Gasteiger partial charge in [0.25, 0.3) is 0 Å². The fraction of sp³-hybridized carbons (Fsp3) is 0.167. The minimum atomic E-state index is -0.879.